The van der Waals surface area contributed by atoms with E-state index in [2.05, 4.69) is 5.32 Å². The van der Waals surface area contributed by atoms with Gasteiger partial charge < -0.3 is 16.0 Å². The number of hydrogen-bond acceptors (Lipinski definition) is 3. The van der Waals surface area contributed by atoms with Gasteiger partial charge in [-0.3, -0.25) is 9.59 Å². The summed E-state index contributed by atoms with van der Waals surface area (Å²) in [5.41, 5.74) is 7.39. The predicted octanol–water partition coefficient (Wildman–Crippen LogP) is 3.17. The first-order valence-corrected chi connectivity index (χ1v) is 9.21. The molecule has 0 radical (unpaired) electrons. The Morgan fingerprint density at radius 2 is 1.93 bits per heavy atom. The van der Waals surface area contributed by atoms with Crippen molar-refractivity contribution in [3.8, 4) is 0 Å². The van der Waals surface area contributed by atoms with Gasteiger partial charge in [-0.2, -0.15) is 0 Å². The van der Waals surface area contributed by atoms with Crippen LogP contribution in [0.3, 0.4) is 0 Å². The lowest BCUT2D eigenvalue weighted by atomic mass is 10.1. The molecule has 0 heterocycles. The second-order valence-corrected chi connectivity index (χ2v) is 6.84. The molecular weight excluding hydrogens is 345 g/mol. The van der Waals surface area contributed by atoms with E-state index in [1.165, 1.54) is 18.2 Å². The van der Waals surface area contributed by atoms with Gasteiger partial charge in [0.15, 0.2) is 0 Å². The van der Waals surface area contributed by atoms with E-state index in [1.54, 1.807) is 12.1 Å². The fourth-order valence-corrected chi connectivity index (χ4v) is 2.94. The molecule has 5 nitrogen and oxygen atoms in total. The van der Waals surface area contributed by atoms with Crippen molar-refractivity contribution in [3.63, 3.8) is 0 Å². The van der Waals surface area contributed by atoms with Gasteiger partial charge in [-0.15, -0.1) is 0 Å². The van der Waals surface area contributed by atoms with E-state index in [4.69, 9.17) is 5.73 Å². The van der Waals surface area contributed by atoms with Gasteiger partial charge in [0, 0.05) is 30.3 Å². The minimum Gasteiger partial charge on any atom is -0.338 e. The van der Waals surface area contributed by atoms with Gasteiger partial charge in [0.1, 0.15) is 5.82 Å². The first kappa shape index (κ1) is 19.0. The Kier molecular flexibility index (Phi) is 6.19. The molecule has 2 aromatic rings. The molecule has 0 atom stereocenters. The van der Waals surface area contributed by atoms with E-state index < -0.39 is 5.82 Å². The van der Waals surface area contributed by atoms with E-state index in [0.717, 1.165) is 24.8 Å². The van der Waals surface area contributed by atoms with Gasteiger partial charge in [0.2, 0.25) is 5.91 Å². The summed E-state index contributed by atoms with van der Waals surface area (Å²) in [6.07, 6.45) is 2.68. The van der Waals surface area contributed by atoms with E-state index in [-0.39, 0.29) is 23.3 Å². The minimum absolute atomic E-state index is 0.152. The fourth-order valence-electron chi connectivity index (χ4n) is 2.94. The number of nitrogens with one attached hydrogen (secondary N) is 1. The van der Waals surface area contributed by atoms with Gasteiger partial charge >= 0.3 is 0 Å². The number of benzene rings is 2. The normalized spacial score (nSPS) is 13.3. The molecule has 1 aliphatic rings. The highest BCUT2D eigenvalue weighted by Gasteiger charge is 2.33. The number of amides is 2. The van der Waals surface area contributed by atoms with Crippen molar-refractivity contribution in [2.45, 2.75) is 25.8 Å². The van der Waals surface area contributed by atoms with E-state index in [0.29, 0.717) is 25.3 Å². The average Bonchev–Trinajstić information content (AvgIpc) is 3.50. The summed E-state index contributed by atoms with van der Waals surface area (Å²) in [4.78, 5) is 26.6. The second-order valence-electron chi connectivity index (χ2n) is 6.84. The maximum Gasteiger partial charge on any atom is 0.255 e. The van der Waals surface area contributed by atoms with Crippen molar-refractivity contribution in [1.82, 2.24) is 4.90 Å². The van der Waals surface area contributed by atoms with Gasteiger partial charge in [-0.1, -0.05) is 18.2 Å². The molecule has 1 aliphatic carbocycles. The summed E-state index contributed by atoms with van der Waals surface area (Å²) in [7, 11) is 0. The second kappa shape index (κ2) is 8.77. The lowest BCUT2D eigenvalue weighted by Gasteiger charge is -2.23. The molecule has 1 saturated carbocycles. The number of nitrogens with two attached hydrogens (primary N) is 1. The van der Waals surface area contributed by atoms with Crippen LogP contribution in [0.5, 0.6) is 0 Å². The molecule has 0 saturated heterocycles. The van der Waals surface area contributed by atoms with Crippen LogP contribution in [0.4, 0.5) is 10.1 Å². The van der Waals surface area contributed by atoms with Crippen molar-refractivity contribution in [2.24, 2.45) is 11.7 Å². The summed E-state index contributed by atoms with van der Waals surface area (Å²) >= 11 is 0. The third kappa shape index (κ3) is 5.37. The number of nitrogens with zero attached hydrogens (tertiary/aromatic N) is 1. The smallest absolute Gasteiger partial charge is 0.255 e. The maximum absolute atomic E-state index is 13.3. The van der Waals surface area contributed by atoms with Crippen molar-refractivity contribution in [3.05, 3.63) is 65.5 Å². The van der Waals surface area contributed by atoms with E-state index in [9.17, 15) is 14.0 Å². The van der Waals surface area contributed by atoms with Crippen molar-refractivity contribution < 1.29 is 14.0 Å². The predicted molar refractivity (Wildman–Crippen MR) is 103 cm³/mol. The molecule has 0 aromatic heterocycles. The van der Waals surface area contributed by atoms with E-state index in [1.807, 2.05) is 23.1 Å². The van der Waals surface area contributed by atoms with Crippen LogP contribution in [0.25, 0.3) is 0 Å². The van der Waals surface area contributed by atoms with Crippen LogP contribution >= 0.6 is 0 Å². The molecule has 1 fully saturated rings. The van der Waals surface area contributed by atoms with Crippen LogP contribution in [0.1, 0.15) is 35.2 Å². The van der Waals surface area contributed by atoms with Crippen molar-refractivity contribution in [2.75, 3.05) is 18.4 Å². The largest absolute Gasteiger partial charge is 0.338 e. The summed E-state index contributed by atoms with van der Waals surface area (Å²) in [5.74, 6) is -0.498. The monoisotopic (exact) mass is 369 g/mol. The van der Waals surface area contributed by atoms with Crippen LogP contribution in [0.2, 0.25) is 0 Å². The Hall–Kier alpha value is -2.73. The van der Waals surface area contributed by atoms with E-state index >= 15 is 0 Å². The molecule has 3 rings (SSSR count). The Morgan fingerprint density at radius 3 is 2.63 bits per heavy atom. The quantitative estimate of drug-likeness (QED) is 0.750. The molecule has 0 unspecified atom stereocenters. The van der Waals surface area contributed by atoms with Crippen molar-refractivity contribution >= 4 is 17.5 Å². The Balaban J connectivity index is 1.68. The number of hydrogen-bond donors (Lipinski definition) is 2. The standard InChI is InChI=1S/C21H24FN3O2/c22-18-6-2-5-17(13-18)20(26)24-19-7-1-4-15(12-19)14-25(11-3-10-23)21(27)16-8-9-16/h1-2,4-7,12-13,16H,3,8-11,14,23H2,(H,24,26). The van der Waals surface area contributed by atoms with Gasteiger partial charge in [0.05, 0.1) is 0 Å². The number of carbonyl (C=O) groups is 2. The maximum atomic E-state index is 13.3. The molecular formula is C21H24FN3O2. The average molecular weight is 369 g/mol. The Labute approximate surface area is 158 Å². The number of halogens is 1. The number of carbonyl (C=O) groups excluding carboxylic acids is 2. The van der Waals surface area contributed by atoms with Crippen LogP contribution < -0.4 is 11.1 Å². The van der Waals surface area contributed by atoms with Crippen LogP contribution in [0, 0.1) is 11.7 Å². The summed E-state index contributed by atoms with van der Waals surface area (Å²) in [6, 6.07) is 12.9. The molecule has 3 N–H and O–H groups in total. The molecule has 142 valence electrons. The zero-order valence-corrected chi connectivity index (χ0v) is 15.2. The molecule has 0 spiro atoms. The van der Waals surface area contributed by atoms with Crippen LogP contribution in [0.15, 0.2) is 48.5 Å². The number of rotatable bonds is 8. The van der Waals surface area contributed by atoms with Gasteiger partial charge in [-0.05, 0) is 61.7 Å². The zero-order chi connectivity index (χ0) is 19.2. The van der Waals surface area contributed by atoms with Crippen molar-refractivity contribution in [1.29, 1.82) is 0 Å². The molecule has 27 heavy (non-hydrogen) atoms. The van der Waals surface area contributed by atoms with Gasteiger partial charge in [0.25, 0.3) is 5.91 Å². The minimum atomic E-state index is -0.453. The molecule has 6 heteroatoms. The lowest BCUT2D eigenvalue weighted by molar-refractivity contribution is -0.133. The van der Waals surface area contributed by atoms with Crippen LogP contribution in [-0.2, 0) is 11.3 Å². The highest BCUT2D eigenvalue weighted by Crippen LogP contribution is 2.31. The third-order valence-electron chi connectivity index (χ3n) is 4.52. The van der Waals surface area contributed by atoms with Gasteiger partial charge in [-0.25, -0.2) is 4.39 Å². The lowest BCUT2D eigenvalue weighted by Crippen LogP contribution is -2.33. The Bertz CT molecular complexity index is 821. The first-order chi connectivity index (χ1) is 13.1. The molecule has 0 aliphatic heterocycles. The topological polar surface area (TPSA) is 75.4 Å². The highest BCUT2D eigenvalue weighted by atomic mass is 19.1. The SMILES string of the molecule is NCCCN(Cc1cccc(NC(=O)c2cccc(F)c2)c1)C(=O)C1CC1. The first-order valence-electron chi connectivity index (χ1n) is 9.21. The zero-order valence-electron chi connectivity index (χ0n) is 15.2. The summed E-state index contributed by atoms with van der Waals surface area (Å²) in [5, 5.41) is 2.78. The summed E-state index contributed by atoms with van der Waals surface area (Å²) < 4.78 is 13.3. The third-order valence-corrected chi connectivity index (χ3v) is 4.52. The van der Waals surface area contributed by atoms with Crippen LogP contribution in [-0.4, -0.2) is 29.8 Å². The summed E-state index contributed by atoms with van der Waals surface area (Å²) in [6.45, 7) is 1.66. The highest BCUT2D eigenvalue weighted by molar-refractivity contribution is 6.04. The molecule has 2 amide bonds. The number of anilines is 1. The Morgan fingerprint density at radius 1 is 1.15 bits per heavy atom. The molecule has 0 bridgehead atoms. The molecule has 2 aromatic carbocycles. The fraction of sp³-hybridized carbons (Fsp3) is 0.333.